The number of nitrogens with one attached hydrogen (secondary N) is 1. The molecule has 0 radical (unpaired) electrons. The van der Waals surface area contributed by atoms with Gasteiger partial charge in [0.15, 0.2) is 5.76 Å². The second-order valence-electron chi connectivity index (χ2n) is 9.18. The van der Waals surface area contributed by atoms with Gasteiger partial charge in [-0.1, -0.05) is 11.6 Å². The highest BCUT2D eigenvalue weighted by molar-refractivity contribution is 6.32. The summed E-state index contributed by atoms with van der Waals surface area (Å²) in [5.41, 5.74) is 0.729. The average molecular weight is 589 g/mol. The van der Waals surface area contributed by atoms with Gasteiger partial charge in [0.2, 0.25) is 5.91 Å². The highest BCUT2D eigenvalue weighted by atomic mass is 35.5. The van der Waals surface area contributed by atoms with Crippen molar-refractivity contribution in [1.29, 1.82) is 0 Å². The number of amides is 3. The van der Waals surface area contributed by atoms with Gasteiger partial charge in [0, 0.05) is 38.4 Å². The van der Waals surface area contributed by atoms with E-state index in [1.807, 2.05) is 0 Å². The fourth-order valence-electron chi connectivity index (χ4n) is 4.13. The fraction of sp³-hybridized carbons (Fsp3) is 0.385. The molecule has 0 bridgehead atoms. The van der Waals surface area contributed by atoms with E-state index in [1.165, 1.54) is 28.9 Å². The Kier molecular flexibility index (Phi) is 9.12. The van der Waals surface area contributed by atoms with E-state index in [4.69, 9.17) is 25.5 Å². The number of carbonyl (C=O) groups excluding carboxylic acids is 3. The summed E-state index contributed by atoms with van der Waals surface area (Å²) in [4.78, 5) is 51.5. The number of nitrogens with zero attached hydrogens (tertiary/aromatic N) is 5. The number of furan rings is 1. The van der Waals surface area contributed by atoms with Crippen molar-refractivity contribution in [3.05, 3.63) is 68.9 Å². The van der Waals surface area contributed by atoms with Crippen LogP contribution in [0.2, 0.25) is 5.02 Å². The van der Waals surface area contributed by atoms with Crippen molar-refractivity contribution in [1.82, 2.24) is 19.6 Å². The molecule has 3 heterocycles. The van der Waals surface area contributed by atoms with E-state index in [1.54, 1.807) is 42.8 Å². The Bertz CT molecular complexity index is 1450. The quantitative estimate of drug-likeness (QED) is 0.287. The smallest absolute Gasteiger partial charge is 0.409 e. The van der Waals surface area contributed by atoms with Crippen molar-refractivity contribution in [2.75, 3.05) is 38.1 Å². The predicted octanol–water partition coefficient (Wildman–Crippen LogP) is 4.04. The summed E-state index contributed by atoms with van der Waals surface area (Å²) in [6.07, 6.45) is 1.18. The molecule has 0 aliphatic carbocycles. The Morgan fingerprint density at radius 2 is 1.88 bits per heavy atom. The number of rotatable bonds is 9. The first-order chi connectivity index (χ1) is 19.6. The van der Waals surface area contributed by atoms with E-state index in [2.05, 4.69) is 10.4 Å². The van der Waals surface area contributed by atoms with E-state index in [0.717, 1.165) is 0 Å². The first-order valence-corrected chi connectivity index (χ1v) is 13.2. The van der Waals surface area contributed by atoms with Crippen LogP contribution in [0.4, 0.5) is 16.2 Å². The van der Waals surface area contributed by atoms with Gasteiger partial charge >= 0.3 is 6.09 Å². The standard InChI is InChI=1S/C26H29ClN6O8/c1-4-39-26(36)31-11-9-30(10-12-31)25(35)17(3)32-14-21(16(2)29-32)28-24(34)22-8-6-19(41-22)15-40-23-13-18(33(37)38)5-7-20(23)27/h5-8,13-14,17H,4,9-12,15H2,1-3H3,(H,28,34). The van der Waals surface area contributed by atoms with Gasteiger partial charge in [0.25, 0.3) is 11.6 Å². The van der Waals surface area contributed by atoms with Crippen molar-refractivity contribution in [2.45, 2.75) is 33.4 Å². The Labute approximate surface area is 239 Å². The normalized spacial score (nSPS) is 14.0. The van der Waals surface area contributed by atoms with Gasteiger partial charge in [0.1, 0.15) is 24.2 Å². The lowest BCUT2D eigenvalue weighted by atomic mass is 10.2. The molecule has 41 heavy (non-hydrogen) atoms. The van der Waals surface area contributed by atoms with Crippen molar-refractivity contribution in [3.8, 4) is 5.75 Å². The number of carbonyl (C=O) groups is 3. The van der Waals surface area contributed by atoms with Crippen LogP contribution in [0.1, 0.15) is 41.9 Å². The zero-order valence-corrected chi connectivity index (χ0v) is 23.4. The summed E-state index contributed by atoms with van der Waals surface area (Å²) in [6.45, 7) is 6.85. The van der Waals surface area contributed by atoms with E-state index in [0.29, 0.717) is 49.9 Å². The summed E-state index contributed by atoms with van der Waals surface area (Å²) in [5.74, 6) is -0.289. The minimum Gasteiger partial charge on any atom is -0.484 e. The molecule has 0 spiro atoms. The lowest BCUT2D eigenvalue weighted by Gasteiger charge is -2.35. The number of nitro groups is 1. The molecule has 4 rings (SSSR count). The number of aromatic nitrogens is 2. The number of anilines is 1. The number of piperazine rings is 1. The Morgan fingerprint density at radius 1 is 1.17 bits per heavy atom. The summed E-state index contributed by atoms with van der Waals surface area (Å²) in [5, 5.41) is 18.3. The van der Waals surface area contributed by atoms with Crippen LogP contribution in [0, 0.1) is 17.0 Å². The molecule has 1 unspecified atom stereocenters. The first kappa shape index (κ1) is 29.4. The fourth-order valence-corrected chi connectivity index (χ4v) is 4.30. The average Bonchev–Trinajstić information content (AvgIpc) is 3.58. The van der Waals surface area contributed by atoms with Crippen LogP contribution in [-0.4, -0.2) is 75.2 Å². The van der Waals surface area contributed by atoms with Gasteiger partial charge in [-0.25, -0.2) is 4.79 Å². The predicted molar refractivity (Wildman–Crippen MR) is 146 cm³/mol. The molecule has 1 aliphatic rings. The Morgan fingerprint density at radius 3 is 2.56 bits per heavy atom. The third-order valence-electron chi connectivity index (χ3n) is 6.42. The van der Waals surface area contributed by atoms with Crippen LogP contribution in [0.15, 0.2) is 40.9 Å². The van der Waals surface area contributed by atoms with Crippen LogP contribution >= 0.6 is 11.6 Å². The highest BCUT2D eigenvalue weighted by Crippen LogP contribution is 2.30. The van der Waals surface area contributed by atoms with Crippen LogP contribution < -0.4 is 10.1 Å². The monoisotopic (exact) mass is 588 g/mol. The topological polar surface area (TPSA) is 162 Å². The maximum Gasteiger partial charge on any atom is 0.409 e. The minimum absolute atomic E-state index is 0.00415. The number of aryl methyl sites for hydroxylation is 1. The molecule has 1 aromatic carbocycles. The molecule has 1 N–H and O–H groups in total. The van der Waals surface area contributed by atoms with Gasteiger partial charge in [-0.05, 0) is 39.0 Å². The minimum atomic E-state index is -0.638. The summed E-state index contributed by atoms with van der Waals surface area (Å²) in [7, 11) is 0. The largest absolute Gasteiger partial charge is 0.484 e. The molecule has 2 aromatic heterocycles. The van der Waals surface area contributed by atoms with Crippen molar-refractivity contribution in [2.24, 2.45) is 0 Å². The van der Waals surface area contributed by atoms with Crippen LogP contribution in [0.25, 0.3) is 0 Å². The van der Waals surface area contributed by atoms with E-state index in [-0.39, 0.29) is 40.8 Å². The number of hydrogen-bond donors (Lipinski definition) is 1. The first-order valence-electron chi connectivity index (χ1n) is 12.8. The molecule has 1 saturated heterocycles. The van der Waals surface area contributed by atoms with Gasteiger partial charge in [-0.3, -0.25) is 24.4 Å². The van der Waals surface area contributed by atoms with Crippen molar-refractivity contribution < 1.29 is 33.2 Å². The molecule has 3 aromatic rings. The Balaban J connectivity index is 1.33. The zero-order chi connectivity index (χ0) is 29.7. The molecule has 15 heteroatoms. The van der Waals surface area contributed by atoms with Gasteiger partial charge < -0.3 is 29.0 Å². The molecule has 1 atom stereocenters. The van der Waals surface area contributed by atoms with Crippen molar-refractivity contribution >= 4 is 40.9 Å². The second-order valence-corrected chi connectivity index (χ2v) is 9.58. The number of nitro benzene ring substituents is 1. The van der Waals surface area contributed by atoms with Crippen LogP contribution in [0.5, 0.6) is 5.75 Å². The van der Waals surface area contributed by atoms with E-state index in [9.17, 15) is 24.5 Å². The number of hydrogen-bond acceptors (Lipinski definition) is 9. The molecule has 1 fully saturated rings. The molecule has 3 amide bonds. The summed E-state index contributed by atoms with van der Waals surface area (Å²) >= 11 is 6.05. The number of ether oxygens (including phenoxy) is 2. The summed E-state index contributed by atoms with van der Waals surface area (Å²) < 4.78 is 17.6. The number of benzene rings is 1. The van der Waals surface area contributed by atoms with E-state index >= 15 is 0 Å². The maximum atomic E-state index is 13.1. The van der Waals surface area contributed by atoms with Gasteiger partial charge in [0.05, 0.1) is 34.0 Å². The van der Waals surface area contributed by atoms with Crippen molar-refractivity contribution in [3.63, 3.8) is 0 Å². The van der Waals surface area contributed by atoms with E-state index < -0.39 is 16.9 Å². The molecular weight excluding hydrogens is 560 g/mol. The number of halogens is 1. The molecular formula is C26H29ClN6O8. The van der Waals surface area contributed by atoms with Gasteiger partial charge in [-0.2, -0.15) is 5.10 Å². The highest BCUT2D eigenvalue weighted by Gasteiger charge is 2.29. The molecule has 0 saturated carbocycles. The molecule has 14 nitrogen and oxygen atoms in total. The van der Waals surface area contributed by atoms with Crippen LogP contribution in [-0.2, 0) is 16.1 Å². The SMILES string of the molecule is CCOC(=O)N1CCN(C(=O)C(C)n2cc(NC(=O)c3ccc(COc4cc([N+](=O)[O-])ccc4Cl)o3)c(C)n2)CC1. The van der Waals surface area contributed by atoms with Crippen LogP contribution in [0.3, 0.4) is 0 Å². The zero-order valence-electron chi connectivity index (χ0n) is 22.7. The maximum absolute atomic E-state index is 13.1. The lowest BCUT2D eigenvalue weighted by Crippen LogP contribution is -2.52. The lowest BCUT2D eigenvalue weighted by molar-refractivity contribution is -0.384. The van der Waals surface area contributed by atoms with Gasteiger partial charge in [-0.15, -0.1) is 0 Å². The number of non-ortho nitro benzene ring substituents is 1. The third-order valence-corrected chi connectivity index (χ3v) is 6.73. The second kappa shape index (κ2) is 12.7. The molecule has 1 aliphatic heterocycles. The third kappa shape index (κ3) is 6.95. The summed E-state index contributed by atoms with van der Waals surface area (Å²) in [6, 6.07) is 6.19. The Hall–Kier alpha value is -4.59. The molecule has 218 valence electrons.